The monoisotopic (exact) mass is 287 g/mol. The molecule has 0 saturated carbocycles. The van der Waals surface area contributed by atoms with Crippen LogP contribution in [0.15, 0.2) is 24.5 Å². The second kappa shape index (κ2) is 5.01. The summed E-state index contributed by atoms with van der Waals surface area (Å²) in [7, 11) is 0. The fraction of sp³-hybridized carbons (Fsp3) is 0.231. The lowest BCUT2D eigenvalue weighted by molar-refractivity contribution is -0.115. The van der Waals surface area contributed by atoms with Gasteiger partial charge in [0.15, 0.2) is 0 Å². The van der Waals surface area contributed by atoms with Crippen LogP contribution in [0.2, 0.25) is 0 Å². The molecule has 0 spiro atoms. The van der Waals surface area contributed by atoms with Gasteiger partial charge in [-0.3, -0.25) is 4.79 Å². The number of nitrogens with one attached hydrogen (secondary N) is 1. The average molecular weight is 287 g/mol. The van der Waals surface area contributed by atoms with Crippen molar-refractivity contribution < 1.29 is 4.79 Å². The van der Waals surface area contributed by atoms with Gasteiger partial charge in [-0.05, 0) is 31.5 Å². The molecule has 3 rings (SSSR count). The molecule has 3 aromatic rings. The Morgan fingerprint density at radius 2 is 2.25 bits per heavy atom. The van der Waals surface area contributed by atoms with Crippen molar-refractivity contribution in [3.05, 3.63) is 40.8 Å². The van der Waals surface area contributed by atoms with E-state index in [4.69, 9.17) is 0 Å². The summed E-state index contributed by atoms with van der Waals surface area (Å²) >= 11 is 1.35. The summed E-state index contributed by atoms with van der Waals surface area (Å²) in [5, 5.41) is 11.8. The lowest BCUT2D eigenvalue weighted by Gasteiger charge is -1.97. The number of anilines is 1. The fourth-order valence-electron chi connectivity index (χ4n) is 1.90. The van der Waals surface area contributed by atoms with E-state index < -0.39 is 0 Å². The molecule has 7 heteroatoms. The predicted octanol–water partition coefficient (Wildman–Crippen LogP) is 1.98. The van der Waals surface area contributed by atoms with Gasteiger partial charge in [0, 0.05) is 12.4 Å². The molecule has 0 aliphatic rings. The van der Waals surface area contributed by atoms with Gasteiger partial charge in [-0.15, -0.1) is 10.2 Å². The van der Waals surface area contributed by atoms with Gasteiger partial charge >= 0.3 is 0 Å². The standard InChI is InChI=1S/C13H13N5OS/c1-8-3-4-18-7-10(14-11(18)5-8)6-12(19)15-13-17-16-9(2)20-13/h3-5,7H,6H2,1-2H3,(H,15,17,19). The van der Waals surface area contributed by atoms with Crippen LogP contribution in [0.3, 0.4) is 0 Å². The van der Waals surface area contributed by atoms with Crippen LogP contribution < -0.4 is 5.32 Å². The van der Waals surface area contributed by atoms with E-state index in [1.54, 1.807) is 0 Å². The smallest absolute Gasteiger partial charge is 0.232 e. The van der Waals surface area contributed by atoms with Crippen molar-refractivity contribution >= 4 is 28.0 Å². The third kappa shape index (κ3) is 2.67. The summed E-state index contributed by atoms with van der Waals surface area (Å²) in [4.78, 5) is 16.3. The van der Waals surface area contributed by atoms with Gasteiger partial charge in [-0.25, -0.2) is 4.98 Å². The van der Waals surface area contributed by atoms with Gasteiger partial charge in [0.2, 0.25) is 11.0 Å². The van der Waals surface area contributed by atoms with E-state index in [2.05, 4.69) is 20.5 Å². The van der Waals surface area contributed by atoms with Gasteiger partial charge < -0.3 is 9.72 Å². The van der Waals surface area contributed by atoms with Crippen molar-refractivity contribution in [1.82, 2.24) is 19.6 Å². The molecule has 20 heavy (non-hydrogen) atoms. The van der Waals surface area contributed by atoms with Gasteiger partial charge in [-0.2, -0.15) is 0 Å². The summed E-state index contributed by atoms with van der Waals surface area (Å²) in [6.45, 7) is 3.86. The maximum absolute atomic E-state index is 11.9. The first kappa shape index (κ1) is 12.7. The van der Waals surface area contributed by atoms with Crippen LogP contribution in [0.5, 0.6) is 0 Å². The minimum atomic E-state index is -0.138. The van der Waals surface area contributed by atoms with Crippen LogP contribution in [0.4, 0.5) is 5.13 Å². The van der Waals surface area contributed by atoms with Crippen molar-refractivity contribution in [2.75, 3.05) is 5.32 Å². The third-order valence-corrected chi connectivity index (χ3v) is 3.53. The molecule has 3 heterocycles. The normalized spacial score (nSPS) is 10.9. The fourth-order valence-corrected chi connectivity index (χ4v) is 2.50. The third-order valence-electron chi connectivity index (χ3n) is 2.78. The lowest BCUT2D eigenvalue weighted by Crippen LogP contribution is -2.14. The van der Waals surface area contributed by atoms with Crippen molar-refractivity contribution in [2.45, 2.75) is 20.3 Å². The van der Waals surface area contributed by atoms with Gasteiger partial charge in [0.05, 0.1) is 12.1 Å². The van der Waals surface area contributed by atoms with Crippen LogP contribution in [0, 0.1) is 13.8 Å². The Labute approximate surface area is 119 Å². The number of aryl methyl sites for hydroxylation is 2. The van der Waals surface area contributed by atoms with Crippen molar-refractivity contribution in [3.8, 4) is 0 Å². The van der Waals surface area contributed by atoms with E-state index in [0.29, 0.717) is 5.13 Å². The number of amides is 1. The maximum Gasteiger partial charge on any atom is 0.232 e. The molecule has 0 radical (unpaired) electrons. The maximum atomic E-state index is 11.9. The molecule has 0 aliphatic carbocycles. The number of hydrogen-bond donors (Lipinski definition) is 1. The zero-order valence-corrected chi connectivity index (χ0v) is 11.9. The molecule has 0 unspecified atom stereocenters. The predicted molar refractivity (Wildman–Crippen MR) is 76.9 cm³/mol. The first-order valence-electron chi connectivity index (χ1n) is 6.14. The number of nitrogens with zero attached hydrogens (tertiary/aromatic N) is 4. The van der Waals surface area contributed by atoms with Gasteiger partial charge in [0.25, 0.3) is 0 Å². The zero-order chi connectivity index (χ0) is 14.1. The quantitative estimate of drug-likeness (QED) is 0.799. The molecule has 102 valence electrons. The van der Waals surface area contributed by atoms with Crippen LogP contribution in [0.1, 0.15) is 16.3 Å². The largest absolute Gasteiger partial charge is 0.307 e. The summed E-state index contributed by atoms with van der Waals surface area (Å²) in [5.41, 5.74) is 2.72. The Morgan fingerprint density at radius 1 is 1.40 bits per heavy atom. The molecule has 0 aliphatic heterocycles. The number of imidazole rings is 1. The van der Waals surface area contributed by atoms with E-state index in [0.717, 1.165) is 21.9 Å². The number of hydrogen-bond acceptors (Lipinski definition) is 5. The minimum Gasteiger partial charge on any atom is -0.307 e. The molecule has 3 aromatic heterocycles. The van der Waals surface area contributed by atoms with E-state index in [1.807, 2.05) is 42.8 Å². The number of pyridine rings is 1. The molecule has 1 amide bonds. The summed E-state index contributed by atoms with van der Waals surface area (Å²) in [6, 6.07) is 3.98. The molecular weight excluding hydrogens is 274 g/mol. The van der Waals surface area contributed by atoms with Crippen LogP contribution in [0.25, 0.3) is 5.65 Å². The topological polar surface area (TPSA) is 72.2 Å². The molecule has 0 atom stereocenters. The highest BCUT2D eigenvalue weighted by Gasteiger charge is 2.10. The zero-order valence-electron chi connectivity index (χ0n) is 11.1. The van der Waals surface area contributed by atoms with Crippen molar-refractivity contribution in [2.24, 2.45) is 0 Å². The Balaban J connectivity index is 1.73. The molecule has 0 saturated heterocycles. The van der Waals surface area contributed by atoms with E-state index in [9.17, 15) is 4.79 Å². The van der Waals surface area contributed by atoms with Crippen LogP contribution >= 0.6 is 11.3 Å². The number of fused-ring (bicyclic) bond motifs is 1. The molecule has 1 N–H and O–H groups in total. The number of carbonyl (C=O) groups excluding carboxylic acids is 1. The Hall–Kier alpha value is -2.28. The number of carbonyl (C=O) groups is 1. The highest BCUT2D eigenvalue weighted by molar-refractivity contribution is 7.15. The Morgan fingerprint density at radius 3 is 3.00 bits per heavy atom. The first-order valence-corrected chi connectivity index (χ1v) is 6.96. The molecule has 0 aromatic carbocycles. The highest BCUT2D eigenvalue weighted by Crippen LogP contribution is 2.14. The van der Waals surface area contributed by atoms with Crippen molar-refractivity contribution in [3.63, 3.8) is 0 Å². The number of rotatable bonds is 3. The molecule has 0 fully saturated rings. The highest BCUT2D eigenvalue weighted by atomic mass is 32.1. The minimum absolute atomic E-state index is 0.138. The summed E-state index contributed by atoms with van der Waals surface area (Å²) in [5.74, 6) is -0.138. The van der Waals surface area contributed by atoms with Crippen LogP contribution in [-0.4, -0.2) is 25.5 Å². The molecule has 6 nitrogen and oxygen atoms in total. The van der Waals surface area contributed by atoms with E-state index >= 15 is 0 Å². The number of aromatic nitrogens is 4. The van der Waals surface area contributed by atoms with Gasteiger partial charge in [0.1, 0.15) is 10.7 Å². The molecular formula is C13H13N5OS. The molecule has 0 bridgehead atoms. The van der Waals surface area contributed by atoms with Crippen molar-refractivity contribution in [1.29, 1.82) is 0 Å². The first-order chi connectivity index (χ1) is 9.60. The van der Waals surface area contributed by atoms with Gasteiger partial charge in [-0.1, -0.05) is 11.3 Å². The SMILES string of the molecule is Cc1ccn2cc(CC(=O)Nc3nnc(C)s3)nc2c1. The second-order valence-corrected chi connectivity index (χ2v) is 5.73. The van der Waals surface area contributed by atoms with E-state index in [1.165, 1.54) is 11.3 Å². The average Bonchev–Trinajstić information content (AvgIpc) is 2.94. The van der Waals surface area contributed by atoms with Crippen LogP contribution in [-0.2, 0) is 11.2 Å². The van der Waals surface area contributed by atoms with E-state index in [-0.39, 0.29) is 12.3 Å². The lowest BCUT2D eigenvalue weighted by atomic mass is 10.3. The summed E-state index contributed by atoms with van der Waals surface area (Å²) in [6.07, 6.45) is 4.02. The Bertz CT molecular complexity index is 776. The second-order valence-electron chi connectivity index (χ2n) is 4.55. The Kier molecular flexibility index (Phi) is 3.19. The summed E-state index contributed by atoms with van der Waals surface area (Å²) < 4.78 is 1.91.